The molecular formula is C18H18N2O2. The third-order valence-corrected chi connectivity index (χ3v) is 4.03. The molecule has 0 aliphatic rings. The lowest BCUT2D eigenvalue weighted by molar-refractivity contribution is 0.322. The first-order valence-corrected chi connectivity index (χ1v) is 7.12. The molecule has 2 N–H and O–H groups in total. The van der Waals surface area contributed by atoms with Gasteiger partial charge in [0, 0.05) is 22.3 Å². The molecule has 0 spiro atoms. The predicted octanol–water partition coefficient (Wildman–Crippen LogP) is 4.07. The fourth-order valence-corrected chi connectivity index (χ4v) is 2.89. The first-order chi connectivity index (χ1) is 10.5. The summed E-state index contributed by atoms with van der Waals surface area (Å²) in [5.74, 6) is 0.283. The van der Waals surface area contributed by atoms with Crippen LogP contribution < -0.4 is 0 Å². The van der Waals surface area contributed by atoms with Gasteiger partial charge in [0.1, 0.15) is 5.75 Å². The van der Waals surface area contributed by atoms with Crippen LogP contribution in [-0.2, 0) is 0 Å². The van der Waals surface area contributed by atoms with Crippen LogP contribution in [0.15, 0.2) is 41.6 Å². The van der Waals surface area contributed by atoms with Gasteiger partial charge in [-0.3, -0.25) is 0 Å². The largest absolute Gasteiger partial charge is 0.508 e. The summed E-state index contributed by atoms with van der Waals surface area (Å²) < 4.78 is 2.11. The highest BCUT2D eigenvalue weighted by molar-refractivity contribution is 6.02. The third kappa shape index (κ3) is 2.13. The zero-order chi connectivity index (χ0) is 15.9. The molecule has 0 atom stereocenters. The Morgan fingerprint density at radius 3 is 2.50 bits per heavy atom. The van der Waals surface area contributed by atoms with Crippen LogP contribution in [0.1, 0.15) is 22.4 Å². The molecule has 1 aromatic heterocycles. The first-order valence-electron chi connectivity index (χ1n) is 7.12. The average Bonchev–Trinajstić information content (AvgIpc) is 2.75. The van der Waals surface area contributed by atoms with Crippen LogP contribution in [-0.4, -0.2) is 21.1 Å². The van der Waals surface area contributed by atoms with Gasteiger partial charge in [-0.25, -0.2) is 0 Å². The number of phenolic OH excluding ortho intramolecular Hbond substituents is 1. The maximum Gasteiger partial charge on any atom is 0.118 e. The highest BCUT2D eigenvalue weighted by Gasteiger charge is 2.15. The molecule has 0 aliphatic heterocycles. The minimum Gasteiger partial charge on any atom is -0.508 e. The van der Waals surface area contributed by atoms with Crippen molar-refractivity contribution in [3.63, 3.8) is 0 Å². The smallest absolute Gasteiger partial charge is 0.118 e. The molecule has 3 rings (SSSR count). The standard InChI is InChI=1S/C18H18N2O2/c1-11-4-6-17-15(8-11)16(10-19-22)13(3)20(17)14-5-7-18(21)12(2)9-14/h4-10,21-22H,1-3H3/b19-10+. The number of fused-ring (bicyclic) bond motifs is 1. The molecule has 1 heterocycles. The monoisotopic (exact) mass is 294 g/mol. The van der Waals surface area contributed by atoms with Crippen molar-refractivity contribution in [2.45, 2.75) is 20.8 Å². The molecule has 2 aromatic carbocycles. The number of aryl methyl sites for hydroxylation is 2. The van der Waals surface area contributed by atoms with Gasteiger partial charge in [-0.1, -0.05) is 16.8 Å². The van der Waals surface area contributed by atoms with Crippen LogP contribution in [0, 0.1) is 20.8 Å². The number of aromatic nitrogens is 1. The summed E-state index contributed by atoms with van der Waals surface area (Å²) in [6.07, 6.45) is 1.47. The van der Waals surface area contributed by atoms with E-state index in [0.29, 0.717) is 0 Å². The van der Waals surface area contributed by atoms with Crippen molar-refractivity contribution < 1.29 is 10.3 Å². The molecule has 22 heavy (non-hydrogen) atoms. The van der Waals surface area contributed by atoms with E-state index < -0.39 is 0 Å². The normalized spacial score (nSPS) is 11.6. The van der Waals surface area contributed by atoms with E-state index in [2.05, 4.69) is 27.9 Å². The van der Waals surface area contributed by atoms with E-state index in [1.165, 1.54) is 6.21 Å². The second-order valence-electron chi connectivity index (χ2n) is 5.57. The molecule has 0 fully saturated rings. The Kier molecular flexibility index (Phi) is 3.37. The number of hydrogen-bond acceptors (Lipinski definition) is 3. The van der Waals surface area contributed by atoms with Gasteiger partial charge < -0.3 is 14.9 Å². The van der Waals surface area contributed by atoms with Crippen molar-refractivity contribution in [3.8, 4) is 11.4 Å². The van der Waals surface area contributed by atoms with Gasteiger partial charge in [-0.05, 0) is 56.7 Å². The number of aromatic hydroxyl groups is 1. The highest BCUT2D eigenvalue weighted by atomic mass is 16.4. The summed E-state index contributed by atoms with van der Waals surface area (Å²) in [5.41, 5.74) is 5.88. The van der Waals surface area contributed by atoms with E-state index in [0.717, 1.165) is 39.0 Å². The second kappa shape index (κ2) is 5.22. The van der Waals surface area contributed by atoms with E-state index >= 15 is 0 Å². The second-order valence-corrected chi connectivity index (χ2v) is 5.57. The quantitative estimate of drug-likeness (QED) is 0.425. The Morgan fingerprint density at radius 1 is 1.05 bits per heavy atom. The first kappa shape index (κ1) is 14.2. The lowest BCUT2D eigenvalue weighted by atomic mass is 10.1. The van der Waals surface area contributed by atoms with Gasteiger partial charge in [-0.2, -0.15) is 0 Å². The van der Waals surface area contributed by atoms with E-state index in [1.54, 1.807) is 6.07 Å². The fourth-order valence-electron chi connectivity index (χ4n) is 2.89. The molecule has 0 unspecified atom stereocenters. The van der Waals surface area contributed by atoms with Crippen LogP contribution in [0.3, 0.4) is 0 Å². The maximum atomic E-state index is 9.74. The molecule has 3 aromatic rings. The average molecular weight is 294 g/mol. The van der Waals surface area contributed by atoms with Gasteiger partial charge in [0.05, 0.1) is 11.7 Å². The number of nitrogens with zero attached hydrogens (tertiary/aromatic N) is 2. The Labute approximate surface area is 128 Å². The SMILES string of the molecule is Cc1ccc2c(c1)c(/C=N/O)c(C)n2-c1ccc(O)c(C)c1. The van der Waals surface area contributed by atoms with Crippen molar-refractivity contribution in [1.29, 1.82) is 0 Å². The van der Waals surface area contributed by atoms with Gasteiger partial charge >= 0.3 is 0 Å². The van der Waals surface area contributed by atoms with Crippen LogP contribution in [0.2, 0.25) is 0 Å². The number of rotatable bonds is 2. The molecule has 4 nitrogen and oxygen atoms in total. The molecule has 112 valence electrons. The van der Waals surface area contributed by atoms with Gasteiger partial charge in [0.2, 0.25) is 0 Å². The maximum absolute atomic E-state index is 9.74. The Balaban J connectivity index is 2.38. The number of phenols is 1. The summed E-state index contributed by atoms with van der Waals surface area (Å²) in [6, 6.07) is 11.7. The Morgan fingerprint density at radius 2 is 1.82 bits per heavy atom. The zero-order valence-electron chi connectivity index (χ0n) is 12.8. The summed E-state index contributed by atoms with van der Waals surface area (Å²) in [6.45, 7) is 5.91. The van der Waals surface area contributed by atoms with Crippen LogP contribution in [0.25, 0.3) is 16.6 Å². The molecule has 0 saturated carbocycles. The van der Waals surface area contributed by atoms with Crippen LogP contribution >= 0.6 is 0 Å². The molecule has 0 saturated heterocycles. The van der Waals surface area contributed by atoms with Crippen molar-refractivity contribution in [1.82, 2.24) is 4.57 Å². The minimum atomic E-state index is 0.283. The highest BCUT2D eigenvalue weighted by Crippen LogP contribution is 2.30. The minimum absolute atomic E-state index is 0.283. The van der Waals surface area contributed by atoms with Crippen molar-refractivity contribution in [2.24, 2.45) is 5.16 Å². The summed E-state index contributed by atoms with van der Waals surface area (Å²) in [7, 11) is 0. The number of benzene rings is 2. The predicted molar refractivity (Wildman–Crippen MR) is 88.5 cm³/mol. The molecule has 0 aliphatic carbocycles. The Hall–Kier alpha value is -2.75. The topological polar surface area (TPSA) is 57.8 Å². The van der Waals surface area contributed by atoms with E-state index in [4.69, 9.17) is 5.21 Å². The van der Waals surface area contributed by atoms with Crippen LogP contribution in [0.4, 0.5) is 0 Å². The molecule has 0 radical (unpaired) electrons. The molecule has 4 heteroatoms. The number of hydrogen-bond donors (Lipinski definition) is 2. The molecular weight excluding hydrogens is 276 g/mol. The van der Waals surface area contributed by atoms with Crippen molar-refractivity contribution >= 4 is 17.1 Å². The Bertz CT molecular complexity index is 892. The summed E-state index contributed by atoms with van der Waals surface area (Å²) in [4.78, 5) is 0. The van der Waals surface area contributed by atoms with Crippen molar-refractivity contribution in [3.05, 3.63) is 58.8 Å². The van der Waals surface area contributed by atoms with E-state index in [-0.39, 0.29) is 5.75 Å². The fraction of sp³-hybridized carbons (Fsp3) is 0.167. The van der Waals surface area contributed by atoms with Crippen LogP contribution in [0.5, 0.6) is 5.75 Å². The van der Waals surface area contributed by atoms with E-state index in [1.807, 2.05) is 32.9 Å². The number of oxime groups is 1. The van der Waals surface area contributed by atoms with Gasteiger partial charge in [0.15, 0.2) is 0 Å². The summed E-state index contributed by atoms with van der Waals surface area (Å²) >= 11 is 0. The van der Waals surface area contributed by atoms with Gasteiger partial charge in [0.25, 0.3) is 0 Å². The van der Waals surface area contributed by atoms with E-state index in [9.17, 15) is 5.11 Å². The van der Waals surface area contributed by atoms with Gasteiger partial charge in [-0.15, -0.1) is 0 Å². The lowest BCUT2D eigenvalue weighted by Crippen LogP contribution is -1.98. The third-order valence-electron chi connectivity index (χ3n) is 4.03. The molecule has 0 amide bonds. The zero-order valence-corrected chi connectivity index (χ0v) is 12.8. The summed E-state index contributed by atoms with van der Waals surface area (Å²) in [5, 5.41) is 22.9. The lowest BCUT2D eigenvalue weighted by Gasteiger charge is -2.10. The molecule has 0 bridgehead atoms. The van der Waals surface area contributed by atoms with Crippen molar-refractivity contribution in [2.75, 3.05) is 0 Å².